The lowest BCUT2D eigenvalue weighted by Crippen LogP contribution is -2.14. The fourth-order valence-electron chi connectivity index (χ4n) is 1.42. The van der Waals surface area contributed by atoms with Crippen LogP contribution in [0.5, 0.6) is 0 Å². The van der Waals surface area contributed by atoms with E-state index >= 15 is 0 Å². The van der Waals surface area contributed by atoms with Crippen molar-refractivity contribution in [1.29, 1.82) is 0 Å². The summed E-state index contributed by atoms with van der Waals surface area (Å²) in [6.45, 7) is 6.04. The predicted molar refractivity (Wildman–Crippen MR) is 67.5 cm³/mol. The van der Waals surface area contributed by atoms with E-state index in [1.807, 2.05) is 20.8 Å². The Morgan fingerprint density at radius 1 is 1.27 bits per heavy atom. The minimum atomic E-state index is -0.185. The third kappa shape index (κ3) is 2.22. The Morgan fingerprint density at radius 2 is 1.80 bits per heavy atom. The van der Waals surface area contributed by atoms with Gasteiger partial charge in [-0.1, -0.05) is 49.9 Å². The maximum atomic E-state index is 6.19. The zero-order chi connectivity index (χ0) is 11.8. The predicted octanol–water partition coefficient (Wildman–Crippen LogP) is 3.85. The van der Waals surface area contributed by atoms with Crippen molar-refractivity contribution in [1.82, 2.24) is 0 Å². The number of benzene rings is 1. The van der Waals surface area contributed by atoms with Crippen molar-refractivity contribution >= 4 is 28.9 Å². The molecule has 0 aliphatic rings. The number of anilines is 1. The highest BCUT2D eigenvalue weighted by molar-refractivity contribution is 6.38. The number of hydrogen-bond acceptors (Lipinski definition) is 1. The van der Waals surface area contributed by atoms with Crippen molar-refractivity contribution in [3.05, 3.63) is 27.2 Å². The molecule has 0 saturated heterocycles. The molecule has 1 rings (SSSR count). The van der Waals surface area contributed by atoms with E-state index in [2.05, 4.69) is 5.92 Å². The van der Waals surface area contributed by atoms with Crippen molar-refractivity contribution in [3.8, 4) is 12.3 Å². The zero-order valence-electron chi connectivity index (χ0n) is 8.99. The maximum Gasteiger partial charge on any atom is 0.0688 e. The van der Waals surface area contributed by atoms with Crippen LogP contribution in [0.3, 0.4) is 0 Å². The fraction of sp³-hybridized carbons (Fsp3) is 0.333. The van der Waals surface area contributed by atoms with Crippen LogP contribution >= 0.6 is 23.2 Å². The number of halogens is 2. The molecule has 0 radical (unpaired) electrons. The summed E-state index contributed by atoms with van der Waals surface area (Å²) in [5.41, 5.74) is 7.45. The molecule has 0 aliphatic carbocycles. The average molecular weight is 242 g/mol. The van der Waals surface area contributed by atoms with Crippen LogP contribution in [0.25, 0.3) is 0 Å². The molecule has 0 aliphatic heterocycles. The molecule has 2 N–H and O–H groups in total. The summed E-state index contributed by atoms with van der Waals surface area (Å²) in [5.74, 6) is 2.51. The van der Waals surface area contributed by atoms with Gasteiger partial charge >= 0.3 is 0 Å². The summed E-state index contributed by atoms with van der Waals surface area (Å²) >= 11 is 12.3. The quantitative estimate of drug-likeness (QED) is 0.542. The molecule has 0 fully saturated rings. The van der Waals surface area contributed by atoms with Gasteiger partial charge in [0.25, 0.3) is 0 Å². The van der Waals surface area contributed by atoms with Crippen LogP contribution in [0, 0.1) is 12.3 Å². The molecule has 80 valence electrons. The molecular weight excluding hydrogens is 229 g/mol. The Balaban J connectivity index is 3.64. The molecule has 0 saturated carbocycles. The fourth-order valence-corrected chi connectivity index (χ4v) is 2.39. The molecule has 15 heavy (non-hydrogen) atoms. The highest BCUT2D eigenvalue weighted by Crippen LogP contribution is 2.40. The SMILES string of the molecule is C#Cc1cc(N)c(Cl)c(C(C)(C)C)c1Cl. The summed E-state index contributed by atoms with van der Waals surface area (Å²) < 4.78 is 0. The van der Waals surface area contributed by atoms with Crippen LogP contribution in [-0.4, -0.2) is 0 Å². The van der Waals surface area contributed by atoms with Gasteiger partial charge in [-0.15, -0.1) is 6.42 Å². The van der Waals surface area contributed by atoms with Crippen LogP contribution in [-0.2, 0) is 5.41 Å². The molecule has 0 unspecified atom stereocenters. The first-order valence-corrected chi connectivity index (χ1v) is 5.29. The smallest absolute Gasteiger partial charge is 0.0688 e. The van der Waals surface area contributed by atoms with Gasteiger partial charge in [0, 0.05) is 5.56 Å². The molecule has 0 heterocycles. The standard InChI is InChI=1S/C12H13Cl2N/c1-5-7-6-8(15)11(14)9(10(7)13)12(2,3)4/h1,6H,15H2,2-4H3. The molecule has 0 amide bonds. The van der Waals surface area contributed by atoms with Gasteiger partial charge in [0.05, 0.1) is 15.7 Å². The number of rotatable bonds is 0. The van der Waals surface area contributed by atoms with Gasteiger partial charge in [-0.3, -0.25) is 0 Å². The van der Waals surface area contributed by atoms with Gasteiger partial charge in [-0.2, -0.15) is 0 Å². The minimum absolute atomic E-state index is 0.185. The molecule has 1 aromatic rings. The minimum Gasteiger partial charge on any atom is -0.397 e. The zero-order valence-corrected chi connectivity index (χ0v) is 10.5. The average Bonchev–Trinajstić information content (AvgIpc) is 2.09. The maximum absolute atomic E-state index is 6.19. The molecule has 0 atom stereocenters. The Hall–Kier alpha value is -0.840. The molecule has 1 nitrogen and oxygen atoms in total. The van der Waals surface area contributed by atoms with Crippen LogP contribution in [0.4, 0.5) is 5.69 Å². The van der Waals surface area contributed by atoms with Gasteiger partial charge in [0.2, 0.25) is 0 Å². The molecule has 0 spiro atoms. The van der Waals surface area contributed by atoms with E-state index < -0.39 is 0 Å². The van der Waals surface area contributed by atoms with Gasteiger partial charge < -0.3 is 5.73 Å². The van der Waals surface area contributed by atoms with Crippen molar-refractivity contribution in [2.24, 2.45) is 0 Å². The Kier molecular flexibility index (Phi) is 3.23. The number of nitrogen functional groups attached to an aromatic ring is 1. The van der Waals surface area contributed by atoms with E-state index in [9.17, 15) is 0 Å². The van der Waals surface area contributed by atoms with E-state index in [4.69, 9.17) is 35.4 Å². The first-order chi connectivity index (χ1) is 6.79. The second-order valence-corrected chi connectivity index (χ2v) is 5.17. The van der Waals surface area contributed by atoms with Gasteiger partial charge in [0.15, 0.2) is 0 Å². The summed E-state index contributed by atoms with van der Waals surface area (Å²) in [5, 5.41) is 1.01. The van der Waals surface area contributed by atoms with E-state index in [1.54, 1.807) is 6.07 Å². The third-order valence-corrected chi connectivity index (χ3v) is 2.93. The summed E-state index contributed by atoms with van der Waals surface area (Å²) in [7, 11) is 0. The lowest BCUT2D eigenvalue weighted by Gasteiger charge is -2.23. The molecular formula is C12H13Cl2N. The van der Waals surface area contributed by atoms with Crippen LogP contribution in [0.1, 0.15) is 31.9 Å². The van der Waals surface area contributed by atoms with Gasteiger partial charge in [0.1, 0.15) is 0 Å². The van der Waals surface area contributed by atoms with Gasteiger partial charge in [-0.05, 0) is 17.0 Å². The number of hydrogen-bond donors (Lipinski definition) is 1. The molecule has 3 heteroatoms. The van der Waals surface area contributed by atoms with Crippen molar-refractivity contribution in [3.63, 3.8) is 0 Å². The van der Waals surface area contributed by atoms with Crippen LogP contribution in [0.15, 0.2) is 6.07 Å². The number of nitrogens with two attached hydrogens (primary N) is 1. The summed E-state index contributed by atoms with van der Waals surface area (Å²) in [6.07, 6.45) is 5.35. The highest BCUT2D eigenvalue weighted by Gasteiger charge is 2.24. The first kappa shape index (κ1) is 12.2. The van der Waals surface area contributed by atoms with Crippen LogP contribution < -0.4 is 5.73 Å². The van der Waals surface area contributed by atoms with E-state index in [1.165, 1.54) is 0 Å². The van der Waals surface area contributed by atoms with Crippen molar-refractivity contribution in [2.75, 3.05) is 5.73 Å². The molecule has 0 bridgehead atoms. The number of terminal acetylenes is 1. The molecule has 1 aromatic carbocycles. The van der Waals surface area contributed by atoms with Crippen LogP contribution in [0.2, 0.25) is 10.0 Å². The normalized spacial score (nSPS) is 11.2. The second-order valence-electron chi connectivity index (χ2n) is 4.41. The Bertz CT molecular complexity index is 436. The Labute approximate surface area is 101 Å². The van der Waals surface area contributed by atoms with E-state index in [0.717, 1.165) is 5.56 Å². The lowest BCUT2D eigenvalue weighted by atomic mass is 9.85. The topological polar surface area (TPSA) is 26.0 Å². The van der Waals surface area contributed by atoms with Gasteiger partial charge in [-0.25, -0.2) is 0 Å². The van der Waals surface area contributed by atoms with E-state index in [0.29, 0.717) is 21.3 Å². The van der Waals surface area contributed by atoms with E-state index in [-0.39, 0.29) is 5.41 Å². The lowest BCUT2D eigenvalue weighted by molar-refractivity contribution is 0.591. The monoisotopic (exact) mass is 241 g/mol. The Morgan fingerprint density at radius 3 is 2.20 bits per heavy atom. The summed E-state index contributed by atoms with van der Waals surface area (Å²) in [4.78, 5) is 0. The largest absolute Gasteiger partial charge is 0.397 e. The summed E-state index contributed by atoms with van der Waals surface area (Å²) in [6, 6.07) is 1.62. The van der Waals surface area contributed by atoms with Crippen molar-refractivity contribution < 1.29 is 0 Å². The highest BCUT2D eigenvalue weighted by atomic mass is 35.5. The van der Waals surface area contributed by atoms with Crippen molar-refractivity contribution in [2.45, 2.75) is 26.2 Å². The molecule has 0 aromatic heterocycles. The first-order valence-electron chi connectivity index (χ1n) is 4.53. The third-order valence-electron chi connectivity index (χ3n) is 2.13. The second kappa shape index (κ2) is 3.96.